The summed E-state index contributed by atoms with van der Waals surface area (Å²) in [4.78, 5) is 0. The molecule has 0 aliphatic heterocycles. The van der Waals surface area contributed by atoms with Gasteiger partial charge in [-0.25, -0.2) is 0 Å². The molecule has 1 aromatic carbocycles. The van der Waals surface area contributed by atoms with Crippen molar-refractivity contribution in [3.05, 3.63) is 35.5 Å². The lowest BCUT2D eigenvalue weighted by atomic mass is 10.1. The lowest BCUT2D eigenvalue weighted by molar-refractivity contribution is 0.616. The molecule has 0 fully saturated rings. The molecular formula is C15H23N3. The highest BCUT2D eigenvalue weighted by Crippen LogP contribution is 2.27. The van der Waals surface area contributed by atoms with Gasteiger partial charge in [0.25, 0.3) is 0 Å². The summed E-state index contributed by atoms with van der Waals surface area (Å²) in [6.07, 6.45) is 2.26. The summed E-state index contributed by atoms with van der Waals surface area (Å²) >= 11 is 0. The highest BCUT2D eigenvalue weighted by atomic mass is 15.0. The van der Waals surface area contributed by atoms with Gasteiger partial charge in [-0.15, -0.1) is 0 Å². The highest BCUT2D eigenvalue weighted by Gasteiger charge is 2.12. The van der Waals surface area contributed by atoms with Crippen LogP contribution in [0.25, 0.3) is 10.9 Å². The van der Waals surface area contributed by atoms with Gasteiger partial charge in [-0.05, 0) is 31.5 Å². The van der Waals surface area contributed by atoms with E-state index in [-0.39, 0.29) is 0 Å². The molecule has 0 radical (unpaired) electrons. The lowest BCUT2D eigenvalue weighted by Crippen LogP contribution is -2.11. The van der Waals surface area contributed by atoms with Gasteiger partial charge < -0.3 is 15.6 Å². The van der Waals surface area contributed by atoms with Crippen LogP contribution in [0.3, 0.4) is 0 Å². The highest BCUT2D eigenvalue weighted by molar-refractivity contribution is 5.87. The molecule has 2 rings (SSSR count). The molecule has 0 atom stereocenters. The molecule has 1 aromatic heterocycles. The zero-order valence-electron chi connectivity index (χ0n) is 11.5. The van der Waals surface area contributed by atoms with E-state index < -0.39 is 0 Å². The summed E-state index contributed by atoms with van der Waals surface area (Å²) in [5, 5.41) is 4.73. The fraction of sp³-hybridized carbons (Fsp3) is 0.467. The van der Waals surface area contributed by atoms with Gasteiger partial charge in [0.15, 0.2) is 0 Å². The summed E-state index contributed by atoms with van der Waals surface area (Å²) in [7, 11) is 0. The van der Waals surface area contributed by atoms with Crippen molar-refractivity contribution in [1.29, 1.82) is 0 Å². The number of nitrogens with one attached hydrogen (secondary N) is 1. The Labute approximate surface area is 109 Å². The summed E-state index contributed by atoms with van der Waals surface area (Å²) in [6, 6.07) is 6.87. The van der Waals surface area contributed by atoms with Crippen LogP contribution in [0.4, 0.5) is 0 Å². The van der Waals surface area contributed by atoms with E-state index in [2.05, 4.69) is 55.1 Å². The Morgan fingerprint density at radius 3 is 2.67 bits per heavy atom. The molecule has 0 aliphatic rings. The second kappa shape index (κ2) is 5.55. The molecule has 0 bridgehead atoms. The number of aromatic nitrogens is 1. The van der Waals surface area contributed by atoms with Crippen LogP contribution < -0.4 is 11.1 Å². The lowest BCUT2D eigenvalue weighted by Gasteiger charge is -2.11. The first-order chi connectivity index (χ1) is 8.69. The van der Waals surface area contributed by atoms with Gasteiger partial charge in [0.2, 0.25) is 0 Å². The van der Waals surface area contributed by atoms with Crippen molar-refractivity contribution in [3.8, 4) is 0 Å². The van der Waals surface area contributed by atoms with Crippen molar-refractivity contribution in [2.75, 3.05) is 6.54 Å². The maximum Gasteiger partial charge on any atom is 0.0531 e. The Morgan fingerprint density at radius 2 is 2.06 bits per heavy atom. The molecule has 0 aliphatic carbocycles. The van der Waals surface area contributed by atoms with Gasteiger partial charge in [0.05, 0.1) is 5.52 Å². The first-order valence-electron chi connectivity index (χ1n) is 6.71. The molecule has 0 saturated carbocycles. The molecule has 0 unspecified atom stereocenters. The van der Waals surface area contributed by atoms with Gasteiger partial charge >= 0.3 is 0 Å². The fourth-order valence-electron chi connectivity index (χ4n) is 2.43. The maximum absolute atomic E-state index is 5.87. The van der Waals surface area contributed by atoms with Crippen LogP contribution in [-0.4, -0.2) is 11.1 Å². The van der Waals surface area contributed by atoms with Crippen LogP contribution >= 0.6 is 0 Å². The van der Waals surface area contributed by atoms with Crippen molar-refractivity contribution in [3.63, 3.8) is 0 Å². The van der Waals surface area contributed by atoms with Gasteiger partial charge in [-0.2, -0.15) is 0 Å². The molecule has 0 spiro atoms. The predicted octanol–water partition coefficient (Wildman–Crippen LogP) is 2.79. The molecule has 18 heavy (non-hydrogen) atoms. The Morgan fingerprint density at radius 1 is 1.28 bits per heavy atom. The quantitative estimate of drug-likeness (QED) is 0.850. The number of benzene rings is 1. The molecular weight excluding hydrogens is 222 g/mol. The number of nitrogens with zero attached hydrogens (tertiary/aromatic N) is 1. The number of rotatable bonds is 5. The zero-order valence-corrected chi connectivity index (χ0v) is 11.5. The van der Waals surface area contributed by atoms with E-state index in [1.807, 2.05) is 0 Å². The Hall–Kier alpha value is -1.32. The van der Waals surface area contributed by atoms with Gasteiger partial charge in [0.1, 0.15) is 0 Å². The predicted molar refractivity (Wildman–Crippen MR) is 77.6 cm³/mol. The number of hydrogen-bond acceptors (Lipinski definition) is 2. The molecule has 0 saturated heterocycles. The van der Waals surface area contributed by atoms with Crippen LogP contribution in [0.15, 0.2) is 24.4 Å². The maximum atomic E-state index is 5.87. The summed E-state index contributed by atoms with van der Waals surface area (Å²) in [5.41, 5.74) is 9.74. The molecule has 98 valence electrons. The molecule has 1 heterocycles. The van der Waals surface area contributed by atoms with E-state index in [1.165, 1.54) is 22.0 Å². The summed E-state index contributed by atoms with van der Waals surface area (Å²) in [6.45, 7) is 9.06. The average molecular weight is 245 g/mol. The van der Waals surface area contributed by atoms with Crippen molar-refractivity contribution in [2.24, 2.45) is 5.73 Å². The van der Waals surface area contributed by atoms with E-state index in [1.54, 1.807) is 0 Å². The third kappa shape index (κ3) is 2.28. The molecule has 0 amide bonds. The van der Waals surface area contributed by atoms with Crippen LogP contribution in [0, 0.1) is 0 Å². The fourth-order valence-corrected chi connectivity index (χ4v) is 2.43. The van der Waals surface area contributed by atoms with E-state index in [0.29, 0.717) is 12.6 Å². The summed E-state index contributed by atoms with van der Waals surface area (Å²) in [5.74, 6) is 0. The number of hydrogen-bond donors (Lipinski definition) is 2. The first kappa shape index (κ1) is 13.1. The van der Waals surface area contributed by atoms with Crippen LogP contribution in [-0.2, 0) is 13.1 Å². The molecule has 3 N–H and O–H groups in total. The van der Waals surface area contributed by atoms with Crippen molar-refractivity contribution >= 4 is 10.9 Å². The number of para-hydroxylation sites is 1. The monoisotopic (exact) mass is 245 g/mol. The number of fused-ring (bicyclic) bond motifs is 1. The molecule has 2 aromatic rings. The van der Waals surface area contributed by atoms with E-state index >= 15 is 0 Å². The van der Waals surface area contributed by atoms with Gasteiger partial charge in [0, 0.05) is 30.7 Å². The second-order valence-corrected chi connectivity index (χ2v) is 4.95. The molecule has 3 nitrogen and oxygen atoms in total. The smallest absolute Gasteiger partial charge is 0.0531 e. The normalized spacial score (nSPS) is 11.6. The largest absolute Gasteiger partial charge is 0.344 e. The van der Waals surface area contributed by atoms with Crippen molar-refractivity contribution < 1.29 is 0 Å². The SMILES string of the molecule is CCNCc1cn(C(C)C)c2c(CN)cccc12. The third-order valence-electron chi connectivity index (χ3n) is 3.36. The van der Waals surface area contributed by atoms with E-state index in [0.717, 1.165) is 13.1 Å². The summed E-state index contributed by atoms with van der Waals surface area (Å²) < 4.78 is 2.34. The van der Waals surface area contributed by atoms with Crippen molar-refractivity contribution in [1.82, 2.24) is 9.88 Å². The first-order valence-corrected chi connectivity index (χ1v) is 6.71. The van der Waals surface area contributed by atoms with E-state index in [9.17, 15) is 0 Å². The van der Waals surface area contributed by atoms with Crippen LogP contribution in [0.5, 0.6) is 0 Å². The topological polar surface area (TPSA) is 43.0 Å². The Balaban J connectivity index is 2.60. The average Bonchev–Trinajstić information content (AvgIpc) is 2.75. The third-order valence-corrected chi connectivity index (χ3v) is 3.36. The minimum absolute atomic E-state index is 0.454. The Kier molecular flexibility index (Phi) is 4.04. The zero-order chi connectivity index (χ0) is 13.1. The second-order valence-electron chi connectivity index (χ2n) is 4.95. The molecule has 3 heteroatoms. The van der Waals surface area contributed by atoms with Gasteiger partial charge in [-0.3, -0.25) is 0 Å². The van der Waals surface area contributed by atoms with E-state index in [4.69, 9.17) is 5.73 Å². The van der Waals surface area contributed by atoms with Crippen LogP contribution in [0.2, 0.25) is 0 Å². The number of nitrogens with two attached hydrogens (primary N) is 1. The van der Waals surface area contributed by atoms with Crippen LogP contribution in [0.1, 0.15) is 37.9 Å². The minimum atomic E-state index is 0.454. The van der Waals surface area contributed by atoms with Gasteiger partial charge in [-0.1, -0.05) is 25.1 Å². The Bertz CT molecular complexity index is 526. The minimum Gasteiger partial charge on any atom is -0.344 e. The van der Waals surface area contributed by atoms with Crippen molar-refractivity contribution in [2.45, 2.75) is 39.9 Å². The standard InChI is InChI=1S/C15H23N3/c1-4-17-9-13-10-18(11(2)3)15-12(8-16)6-5-7-14(13)15/h5-7,10-11,17H,4,8-9,16H2,1-3H3.